The summed E-state index contributed by atoms with van der Waals surface area (Å²) in [6.45, 7) is 3.71. The molecule has 1 amide bonds. The fourth-order valence-electron chi connectivity index (χ4n) is 2.74. The Bertz CT molecular complexity index is 1070. The molecule has 1 unspecified atom stereocenters. The number of nitrogens with one attached hydrogen (secondary N) is 1. The minimum Gasteiger partial charge on any atom is -0.445 e. The van der Waals surface area contributed by atoms with Crippen molar-refractivity contribution in [3.63, 3.8) is 0 Å². The lowest BCUT2D eigenvalue weighted by Crippen LogP contribution is -2.44. The van der Waals surface area contributed by atoms with E-state index in [0.29, 0.717) is 27.1 Å². The van der Waals surface area contributed by atoms with Gasteiger partial charge in [-0.05, 0) is 24.3 Å². The van der Waals surface area contributed by atoms with E-state index < -0.39 is 12.1 Å². The van der Waals surface area contributed by atoms with Crippen LogP contribution in [0.1, 0.15) is 5.56 Å². The molecule has 1 heterocycles. The van der Waals surface area contributed by atoms with Crippen molar-refractivity contribution >= 4 is 41.0 Å². The highest BCUT2D eigenvalue weighted by atomic mass is 35.5. The number of halogens is 2. The Morgan fingerprint density at radius 3 is 2.77 bits per heavy atom. The molecule has 0 spiro atoms. The average Bonchev–Trinajstić information content (AvgIpc) is 3.18. The van der Waals surface area contributed by atoms with E-state index in [1.54, 1.807) is 48.7 Å². The van der Waals surface area contributed by atoms with Gasteiger partial charge < -0.3 is 14.8 Å². The van der Waals surface area contributed by atoms with Crippen molar-refractivity contribution in [3.05, 3.63) is 76.8 Å². The number of benzene rings is 2. The first-order chi connectivity index (χ1) is 15.0. The predicted molar refractivity (Wildman–Crippen MR) is 118 cm³/mol. The second-order valence-corrected chi connectivity index (χ2v) is 7.00. The van der Waals surface area contributed by atoms with Gasteiger partial charge in [-0.3, -0.25) is 0 Å². The predicted octanol–water partition coefficient (Wildman–Crippen LogP) is 4.21. The molecule has 3 rings (SSSR count). The third-order valence-corrected chi connectivity index (χ3v) is 4.81. The summed E-state index contributed by atoms with van der Waals surface area (Å²) in [6, 6.07) is 13.2. The summed E-state index contributed by atoms with van der Waals surface area (Å²) in [6.07, 6.45) is 2.52. The Balaban J connectivity index is 1.91. The maximum Gasteiger partial charge on any atom is 0.408 e. The highest BCUT2D eigenvalue weighted by Crippen LogP contribution is 2.25. The molecule has 0 fully saturated rings. The number of carbonyl (C=O) groups excluding carboxylic acids is 1. The quantitative estimate of drug-likeness (QED) is 0.313. The van der Waals surface area contributed by atoms with Crippen molar-refractivity contribution < 1.29 is 14.3 Å². The molecule has 0 saturated heterocycles. The first-order valence-electron chi connectivity index (χ1n) is 9.07. The number of alkyl carbamates (subject to hydrolysis) is 1. The molecular weight excluding hydrogens is 441 g/mol. The number of amides is 1. The molecule has 1 aliphatic rings. The summed E-state index contributed by atoms with van der Waals surface area (Å²) in [5, 5.41) is 18.5. The van der Waals surface area contributed by atoms with E-state index >= 15 is 0 Å². The van der Waals surface area contributed by atoms with Crippen LogP contribution in [0.5, 0.6) is 5.75 Å². The zero-order valence-electron chi connectivity index (χ0n) is 16.2. The second kappa shape index (κ2) is 10.5. The number of nitrogens with zero attached hydrogens (tertiary/aromatic N) is 4. The smallest absolute Gasteiger partial charge is 0.408 e. The van der Waals surface area contributed by atoms with Gasteiger partial charge >= 0.3 is 12.1 Å². The number of aliphatic imine (C=N–C) groups is 1. The molecule has 2 aromatic carbocycles. The van der Waals surface area contributed by atoms with Gasteiger partial charge in [0.25, 0.3) is 0 Å². The normalized spacial score (nSPS) is 15.6. The Morgan fingerprint density at radius 2 is 2.10 bits per heavy atom. The molecule has 1 N–H and O–H groups in total. The second-order valence-electron chi connectivity index (χ2n) is 6.19. The van der Waals surface area contributed by atoms with Gasteiger partial charge in [-0.25, -0.2) is 9.80 Å². The minimum absolute atomic E-state index is 0.0463. The molecule has 0 bridgehead atoms. The van der Waals surface area contributed by atoms with Gasteiger partial charge in [0, 0.05) is 5.56 Å². The third-order valence-electron chi connectivity index (χ3n) is 4.07. The Morgan fingerprint density at radius 1 is 1.32 bits per heavy atom. The van der Waals surface area contributed by atoms with Gasteiger partial charge in [0.2, 0.25) is 6.19 Å². The van der Waals surface area contributed by atoms with Gasteiger partial charge in [-0.15, -0.1) is 4.99 Å². The van der Waals surface area contributed by atoms with Gasteiger partial charge in [0.05, 0.1) is 28.3 Å². The van der Waals surface area contributed by atoms with Crippen LogP contribution in [0, 0.1) is 11.5 Å². The van der Waals surface area contributed by atoms with E-state index in [4.69, 9.17) is 37.9 Å². The van der Waals surface area contributed by atoms with E-state index in [-0.39, 0.29) is 19.2 Å². The van der Waals surface area contributed by atoms with Crippen molar-refractivity contribution in [1.29, 1.82) is 5.26 Å². The van der Waals surface area contributed by atoms with Crippen molar-refractivity contribution in [2.24, 2.45) is 10.1 Å². The molecule has 0 saturated carbocycles. The van der Waals surface area contributed by atoms with Crippen molar-refractivity contribution in [3.8, 4) is 11.9 Å². The van der Waals surface area contributed by atoms with E-state index in [1.807, 2.05) is 6.07 Å². The molecule has 8 nitrogen and oxygen atoms in total. The molecule has 1 aliphatic heterocycles. The largest absolute Gasteiger partial charge is 0.445 e. The maximum atomic E-state index is 12.1. The van der Waals surface area contributed by atoms with Crippen LogP contribution in [0.4, 0.5) is 4.79 Å². The summed E-state index contributed by atoms with van der Waals surface area (Å²) >= 11 is 12.2. The zero-order valence-corrected chi connectivity index (χ0v) is 17.7. The molecule has 10 heteroatoms. The van der Waals surface area contributed by atoms with Crippen LogP contribution in [0.25, 0.3) is 0 Å². The highest BCUT2D eigenvalue weighted by Gasteiger charge is 2.33. The summed E-state index contributed by atoms with van der Waals surface area (Å²) in [7, 11) is 0. The standard InChI is InChI=1S/C21H17Cl2N5O3/c1-2-10-30-21(29)26-18-12-28(20(25-13-24)31-15-6-4-3-5-7-15)27-19(18)14-8-9-16(22)17(23)11-14/h2-9,11,18H,1,10,12H2,(H,26,29). The monoisotopic (exact) mass is 457 g/mol. The lowest BCUT2D eigenvalue weighted by Gasteiger charge is -2.18. The van der Waals surface area contributed by atoms with Crippen LogP contribution >= 0.6 is 23.2 Å². The van der Waals surface area contributed by atoms with E-state index in [2.05, 4.69) is 22.0 Å². The lowest BCUT2D eigenvalue weighted by molar-refractivity contribution is 0.156. The summed E-state index contributed by atoms with van der Waals surface area (Å²) in [5.41, 5.74) is 1.10. The van der Waals surface area contributed by atoms with E-state index in [0.717, 1.165) is 0 Å². The van der Waals surface area contributed by atoms with Gasteiger partial charge in [-0.2, -0.15) is 10.4 Å². The Labute approximate surface area is 189 Å². The summed E-state index contributed by atoms with van der Waals surface area (Å²) in [4.78, 5) is 15.9. The average molecular weight is 458 g/mol. The fraction of sp³-hybridized carbons (Fsp3) is 0.143. The molecule has 158 valence electrons. The molecular formula is C21H17Cl2N5O3. The first-order valence-corrected chi connectivity index (χ1v) is 9.82. The Hall–Kier alpha value is -3.54. The van der Waals surface area contributed by atoms with Crippen LogP contribution in [0.3, 0.4) is 0 Å². The van der Waals surface area contributed by atoms with Crippen molar-refractivity contribution in [2.75, 3.05) is 13.2 Å². The topological polar surface area (TPSA) is 99.3 Å². The zero-order chi connectivity index (χ0) is 22.2. The molecule has 0 radical (unpaired) electrons. The van der Waals surface area contributed by atoms with Crippen molar-refractivity contribution in [2.45, 2.75) is 6.04 Å². The van der Waals surface area contributed by atoms with Crippen LogP contribution in [-0.2, 0) is 4.74 Å². The number of amidine groups is 1. The minimum atomic E-state index is -0.651. The number of nitriles is 1. The number of hydrazone groups is 1. The van der Waals surface area contributed by atoms with E-state index in [1.165, 1.54) is 11.1 Å². The van der Waals surface area contributed by atoms with Crippen molar-refractivity contribution in [1.82, 2.24) is 10.3 Å². The molecule has 31 heavy (non-hydrogen) atoms. The van der Waals surface area contributed by atoms with Gasteiger partial charge in [0.1, 0.15) is 12.4 Å². The van der Waals surface area contributed by atoms with Crippen LogP contribution in [-0.4, -0.2) is 42.0 Å². The highest BCUT2D eigenvalue weighted by molar-refractivity contribution is 6.42. The number of para-hydroxylation sites is 1. The number of hydrogen-bond acceptors (Lipinski definition) is 6. The third kappa shape index (κ3) is 5.75. The molecule has 1 atom stereocenters. The van der Waals surface area contributed by atoms with Crippen LogP contribution < -0.4 is 10.1 Å². The number of hydrogen-bond donors (Lipinski definition) is 1. The maximum absolute atomic E-state index is 12.1. The Kier molecular flexibility index (Phi) is 7.49. The van der Waals surface area contributed by atoms with Gasteiger partial charge in [0.15, 0.2) is 0 Å². The molecule has 0 aliphatic carbocycles. The number of ether oxygens (including phenoxy) is 2. The molecule has 2 aromatic rings. The summed E-state index contributed by atoms with van der Waals surface area (Å²) < 4.78 is 10.7. The van der Waals surface area contributed by atoms with Crippen LogP contribution in [0.2, 0.25) is 10.0 Å². The first kappa shape index (κ1) is 22.2. The number of rotatable bonds is 5. The summed E-state index contributed by atoms with van der Waals surface area (Å²) in [5.74, 6) is 0.476. The SMILES string of the molecule is C=CCOC(=O)NC1CN(C(=NC#N)Oc2ccccc2)N=C1c1ccc(Cl)c(Cl)c1. The number of carbonyl (C=O) groups is 1. The van der Waals surface area contributed by atoms with E-state index in [9.17, 15) is 4.79 Å². The fourth-order valence-corrected chi connectivity index (χ4v) is 3.04. The molecule has 0 aromatic heterocycles. The van der Waals surface area contributed by atoms with Gasteiger partial charge in [-0.1, -0.05) is 60.1 Å². The lowest BCUT2D eigenvalue weighted by atomic mass is 10.0. The van der Waals surface area contributed by atoms with Crippen LogP contribution in [0.15, 0.2) is 71.3 Å².